The highest BCUT2D eigenvalue weighted by atomic mass is 16.6. The number of carbonyl (C=O) groups is 2. The summed E-state index contributed by atoms with van der Waals surface area (Å²) in [4.78, 5) is 28.8. The van der Waals surface area contributed by atoms with E-state index in [0.29, 0.717) is 17.6 Å². The van der Waals surface area contributed by atoms with Crippen molar-refractivity contribution < 1.29 is 19.1 Å². The highest BCUT2D eigenvalue weighted by Crippen LogP contribution is 2.46. The molecule has 35 heavy (non-hydrogen) atoms. The minimum atomic E-state index is -0.464. The minimum Gasteiger partial charge on any atom is -0.490 e. The molecule has 0 spiro atoms. The zero-order chi connectivity index (χ0) is 25.2. The van der Waals surface area contributed by atoms with Crippen molar-refractivity contribution in [3.8, 4) is 5.75 Å². The van der Waals surface area contributed by atoms with E-state index in [1.165, 1.54) is 0 Å². The van der Waals surface area contributed by atoms with Crippen molar-refractivity contribution in [1.82, 2.24) is 5.32 Å². The molecule has 0 amide bonds. The van der Waals surface area contributed by atoms with Gasteiger partial charge in [-0.25, -0.2) is 4.79 Å². The number of Topliss-reactive ketones (excluding diaryl/α,β-unsaturated/α-hetero) is 1. The zero-order valence-corrected chi connectivity index (χ0v) is 21.2. The molecule has 0 saturated heterocycles. The fraction of sp³-hybridized carbons (Fsp3) is 0.379. The number of carbonyl (C=O) groups excluding carboxylic acids is 2. The average molecular weight is 475 g/mol. The van der Waals surface area contributed by atoms with Crippen molar-refractivity contribution in [3.05, 3.63) is 82.7 Å². The smallest absolute Gasteiger partial charge is 0.336 e. The van der Waals surface area contributed by atoms with E-state index in [9.17, 15) is 9.59 Å². The summed E-state index contributed by atoms with van der Waals surface area (Å²) in [7, 11) is 3.97. The van der Waals surface area contributed by atoms with Crippen LogP contribution in [0.2, 0.25) is 0 Å². The molecular formula is C29H34N2O4. The third kappa shape index (κ3) is 5.42. The van der Waals surface area contributed by atoms with Gasteiger partial charge in [0.1, 0.15) is 19.0 Å². The number of rotatable bonds is 7. The summed E-state index contributed by atoms with van der Waals surface area (Å²) in [5, 5.41) is 3.38. The summed E-state index contributed by atoms with van der Waals surface area (Å²) in [6.45, 7) is 6.45. The third-order valence-electron chi connectivity index (χ3n) is 6.53. The third-order valence-corrected chi connectivity index (χ3v) is 6.53. The Bertz CT molecular complexity index is 1160. The number of allylic oxidation sites excluding steroid dienone is 3. The van der Waals surface area contributed by atoms with Crippen LogP contribution in [0.5, 0.6) is 5.75 Å². The molecule has 0 aromatic heterocycles. The van der Waals surface area contributed by atoms with Crippen molar-refractivity contribution >= 4 is 17.4 Å². The van der Waals surface area contributed by atoms with Gasteiger partial charge >= 0.3 is 5.97 Å². The lowest BCUT2D eigenvalue weighted by Crippen LogP contribution is -2.38. The molecule has 1 aliphatic heterocycles. The number of hydrogen-bond donors (Lipinski definition) is 1. The molecule has 0 bridgehead atoms. The molecule has 6 heteroatoms. The predicted molar refractivity (Wildman–Crippen MR) is 137 cm³/mol. The van der Waals surface area contributed by atoms with Gasteiger partial charge in [-0.3, -0.25) is 4.79 Å². The molecule has 6 nitrogen and oxygen atoms in total. The number of esters is 1. The van der Waals surface area contributed by atoms with E-state index in [1.54, 1.807) is 0 Å². The lowest BCUT2D eigenvalue weighted by Gasteiger charge is -2.39. The maximum absolute atomic E-state index is 13.4. The Labute approximate surface area is 207 Å². The monoisotopic (exact) mass is 474 g/mol. The summed E-state index contributed by atoms with van der Waals surface area (Å²) in [6, 6.07) is 17.5. The van der Waals surface area contributed by atoms with Crippen LogP contribution in [0, 0.1) is 5.41 Å². The summed E-state index contributed by atoms with van der Waals surface area (Å²) < 4.78 is 11.3. The van der Waals surface area contributed by atoms with E-state index in [1.807, 2.05) is 80.5 Å². The van der Waals surface area contributed by atoms with Crippen molar-refractivity contribution in [3.63, 3.8) is 0 Å². The van der Waals surface area contributed by atoms with Crippen LogP contribution in [0.4, 0.5) is 5.69 Å². The molecule has 0 radical (unpaired) electrons. The van der Waals surface area contributed by atoms with Crippen LogP contribution in [0.3, 0.4) is 0 Å². The van der Waals surface area contributed by atoms with E-state index in [4.69, 9.17) is 9.47 Å². The standard InChI is InChI=1S/C29H34N2O4/c1-19-25(28(33)35-16-15-34-22-9-7-6-8-10-22)26(20-11-13-21(14-12-20)31(4)5)27-23(30-19)17-29(2,3)18-24(27)32/h6-14,26,30H,15-18H2,1-5H3. The van der Waals surface area contributed by atoms with Crippen LogP contribution in [0.25, 0.3) is 0 Å². The highest BCUT2D eigenvalue weighted by Gasteiger charge is 2.43. The Hall–Kier alpha value is -3.54. The lowest BCUT2D eigenvalue weighted by molar-refractivity contribution is -0.140. The van der Waals surface area contributed by atoms with Crippen LogP contribution in [-0.2, 0) is 14.3 Å². The molecule has 1 heterocycles. The number of dihydropyridines is 1. The molecule has 2 aromatic rings. The van der Waals surface area contributed by atoms with Gasteiger partial charge in [0.2, 0.25) is 0 Å². The quantitative estimate of drug-likeness (QED) is 0.451. The van der Waals surface area contributed by atoms with Gasteiger partial charge in [0.15, 0.2) is 5.78 Å². The normalized spacial score (nSPS) is 19.1. The van der Waals surface area contributed by atoms with Crippen LogP contribution in [-0.4, -0.2) is 39.1 Å². The minimum absolute atomic E-state index is 0.0793. The zero-order valence-electron chi connectivity index (χ0n) is 21.2. The van der Waals surface area contributed by atoms with Crippen LogP contribution in [0.15, 0.2) is 77.1 Å². The molecule has 0 saturated carbocycles. The lowest BCUT2D eigenvalue weighted by atomic mass is 9.68. The molecule has 184 valence electrons. The van der Waals surface area contributed by atoms with Crippen LogP contribution < -0.4 is 15.0 Å². The molecule has 1 atom stereocenters. The molecule has 1 N–H and O–H groups in total. The largest absolute Gasteiger partial charge is 0.490 e. The van der Waals surface area contributed by atoms with Gasteiger partial charge in [-0.1, -0.05) is 44.2 Å². The van der Waals surface area contributed by atoms with E-state index >= 15 is 0 Å². The number of benzene rings is 2. The van der Waals surface area contributed by atoms with Gasteiger partial charge < -0.3 is 19.7 Å². The van der Waals surface area contributed by atoms with Crippen molar-refractivity contribution in [1.29, 1.82) is 0 Å². The number of anilines is 1. The SMILES string of the molecule is CC1=C(C(=O)OCCOc2ccccc2)C(c2ccc(N(C)C)cc2)C2=C(CC(C)(C)CC2=O)N1. The maximum Gasteiger partial charge on any atom is 0.336 e. The van der Waals surface area contributed by atoms with Crippen molar-refractivity contribution in [2.24, 2.45) is 5.41 Å². The molecule has 1 aliphatic carbocycles. The molecule has 0 fully saturated rings. The number of hydrogen-bond acceptors (Lipinski definition) is 6. The predicted octanol–water partition coefficient (Wildman–Crippen LogP) is 4.98. The first kappa shape index (κ1) is 24.6. The Balaban J connectivity index is 1.61. The van der Waals surface area contributed by atoms with Gasteiger partial charge in [-0.15, -0.1) is 0 Å². The molecule has 1 unspecified atom stereocenters. The molecule has 4 rings (SSSR count). The molecule has 2 aliphatic rings. The first-order valence-corrected chi connectivity index (χ1v) is 12.0. The Kier molecular flexibility index (Phi) is 7.01. The maximum atomic E-state index is 13.4. The summed E-state index contributed by atoms with van der Waals surface area (Å²) in [5.74, 6) is -0.0934. The second kappa shape index (κ2) is 9.98. The fourth-order valence-corrected chi connectivity index (χ4v) is 4.89. The first-order chi connectivity index (χ1) is 16.7. The van der Waals surface area contributed by atoms with E-state index in [0.717, 1.165) is 34.8 Å². The first-order valence-electron chi connectivity index (χ1n) is 12.0. The van der Waals surface area contributed by atoms with E-state index in [-0.39, 0.29) is 24.4 Å². The van der Waals surface area contributed by atoms with Gasteiger partial charge in [-0.05, 0) is 48.6 Å². The van der Waals surface area contributed by atoms with Gasteiger partial charge in [0, 0.05) is 49.1 Å². The van der Waals surface area contributed by atoms with Gasteiger partial charge in [0.25, 0.3) is 0 Å². The van der Waals surface area contributed by atoms with Gasteiger partial charge in [-0.2, -0.15) is 0 Å². The highest BCUT2D eigenvalue weighted by molar-refractivity contribution is 6.04. The fourth-order valence-electron chi connectivity index (χ4n) is 4.89. The molecular weight excluding hydrogens is 440 g/mol. The van der Waals surface area contributed by atoms with Gasteiger partial charge in [0.05, 0.1) is 5.57 Å². The van der Waals surface area contributed by atoms with E-state index < -0.39 is 11.9 Å². The topological polar surface area (TPSA) is 67.9 Å². The second-order valence-corrected chi connectivity index (χ2v) is 10.2. The summed E-state index contributed by atoms with van der Waals surface area (Å²) >= 11 is 0. The van der Waals surface area contributed by atoms with E-state index in [2.05, 4.69) is 19.2 Å². The number of ether oxygens (including phenoxy) is 2. The Morgan fingerprint density at radius 3 is 2.37 bits per heavy atom. The average Bonchev–Trinajstić information content (AvgIpc) is 2.80. The number of para-hydroxylation sites is 1. The summed E-state index contributed by atoms with van der Waals surface area (Å²) in [5.41, 5.74) is 4.63. The van der Waals surface area contributed by atoms with Crippen LogP contribution >= 0.6 is 0 Å². The molecule has 2 aromatic carbocycles. The number of nitrogens with zero attached hydrogens (tertiary/aromatic N) is 1. The van der Waals surface area contributed by atoms with Crippen molar-refractivity contribution in [2.75, 3.05) is 32.2 Å². The second-order valence-electron chi connectivity index (χ2n) is 10.2. The van der Waals surface area contributed by atoms with Crippen LogP contribution in [0.1, 0.15) is 45.1 Å². The number of ketones is 1. The number of nitrogens with one attached hydrogen (secondary N) is 1. The van der Waals surface area contributed by atoms with Crippen molar-refractivity contribution in [2.45, 2.75) is 39.5 Å². The summed E-state index contributed by atoms with van der Waals surface area (Å²) in [6.07, 6.45) is 1.21. The Morgan fingerprint density at radius 2 is 1.71 bits per heavy atom. The Morgan fingerprint density at radius 1 is 1.03 bits per heavy atom.